The largest absolute Gasteiger partial charge is 0.348 e. The molecule has 3 rings (SSSR count). The van der Waals surface area contributed by atoms with Gasteiger partial charge in [-0.3, -0.25) is 9.36 Å². The molecular formula is C14H15N3O. The van der Waals surface area contributed by atoms with Crippen molar-refractivity contribution in [2.24, 2.45) is 0 Å². The highest BCUT2D eigenvalue weighted by Gasteiger charge is 2.25. The summed E-state index contributed by atoms with van der Waals surface area (Å²) in [6.07, 6.45) is 3.81. The minimum Gasteiger partial charge on any atom is -0.348 e. The minimum absolute atomic E-state index is 0.0399. The maximum atomic E-state index is 12.1. The first-order valence-corrected chi connectivity index (χ1v) is 6.16. The van der Waals surface area contributed by atoms with Crippen LogP contribution in [0.5, 0.6) is 0 Å². The fourth-order valence-corrected chi connectivity index (χ4v) is 1.99. The van der Waals surface area contributed by atoms with Gasteiger partial charge < -0.3 is 5.32 Å². The Labute approximate surface area is 106 Å². The topological polar surface area (TPSA) is 46.9 Å². The summed E-state index contributed by atoms with van der Waals surface area (Å²) in [5.74, 6) is 0.782. The Balaban J connectivity index is 1.98. The van der Waals surface area contributed by atoms with Crippen LogP contribution in [0, 0.1) is 6.92 Å². The van der Waals surface area contributed by atoms with E-state index in [1.807, 2.05) is 41.8 Å². The number of imidazole rings is 1. The van der Waals surface area contributed by atoms with Crippen molar-refractivity contribution in [3.63, 3.8) is 0 Å². The predicted molar refractivity (Wildman–Crippen MR) is 68.8 cm³/mol. The molecule has 4 heteroatoms. The van der Waals surface area contributed by atoms with Gasteiger partial charge in [-0.2, -0.15) is 0 Å². The summed E-state index contributed by atoms with van der Waals surface area (Å²) in [6.45, 7) is 1.90. The maximum absolute atomic E-state index is 12.1. The fraction of sp³-hybridized carbons (Fsp3) is 0.286. The number of aromatic nitrogens is 2. The Morgan fingerprint density at radius 1 is 1.33 bits per heavy atom. The third kappa shape index (κ3) is 2.01. The summed E-state index contributed by atoms with van der Waals surface area (Å²) in [4.78, 5) is 16.4. The highest BCUT2D eigenvalue weighted by atomic mass is 16.2. The normalized spacial score (nSPS) is 14.5. The van der Waals surface area contributed by atoms with Crippen LogP contribution in [0.15, 0.2) is 36.5 Å². The van der Waals surface area contributed by atoms with Crippen molar-refractivity contribution in [2.45, 2.75) is 25.8 Å². The molecule has 1 amide bonds. The summed E-state index contributed by atoms with van der Waals surface area (Å²) in [5, 5.41) is 2.99. The molecule has 1 heterocycles. The van der Waals surface area contributed by atoms with Crippen molar-refractivity contribution in [1.82, 2.24) is 14.9 Å². The standard InChI is InChI=1S/C14H15N3O/c1-10-15-9-13(14(18)16-11-7-8-11)17(10)12-5-3-2-4-6-12/h2-6,9,11H,7-8H2,1H3,(H,16,18). The first kappa shape index (κ1) is 11.0. The molecular weight excluding hydrogens is 226 g/mol. The average molecular weight is 241 g/mol. The van der Waals surface area contributed by atoms with Crippen molar-refractivity contribution < 1.29 is 4.79 Å². The quantitative estimate of drug-likeness (QED) is 0.894. The van der Waals surface area contributed by atoms with Crippen LogP contribution in [0.4, 0.5) is 0 Å². The van der Waals surface area contributed by atoms with Crippen molar-refractivity contribution in [2.75, 3.05) is 0 Å². The van der Waals surface area contributed by atoms with Crippen LogP contribution in [0.1, 0.15) is 29.2 Å². The molecule has 2 aromatic rings. The van der Waals surface area contributed by atoms with Crippen molar-refractivity contribution in [3.05, 3.63) is 48.0 Å². The number of amides is 1. The van der Waals surface area contributed by atoms with Crippen LogP contribution in [0.2, 0.25) is 0 Å². The van der Waals surface area contributed by atoms with Gasteiger partial charge in [0.2, 0.25) is 0 Å². The van der Waals surface area contributed by atoms with Gasteiger partial charge in [-0.05, 0) is 31.9 Å². The molecule has 18 heavy (non-hydrogen) atoms. The van der Waals surface area contributed by atoms with E-state index in [0.717, 1.165) is 24.4 Å². The maximum Gasteiger partial charge on any atom is 0.270 e. The second kappa shape index (κ2) is 4.29. The second-order valence-electron chi connectivity index (χ2n) is 4.61. The van der Waals surface area contributed by atoms with Gasteiger partial charge in [0, 0.05) is 11.7 Å². The number of rotatable bonds is 3. The Hall–Kier alpha value is -2.10. The number of para-hydroxylation sites is 1. The summed E-state index contributed by atoms with van der Waals surface area (Å²) < 4.78 is 1.89. The van der Waals surface area contributed by atoms with E-state index in [-0.39, 0.29) is 5.91 Å². The lowest BCUT2D eigenvalue weighted by atomic mass is 10.3. The lowest BCUT2D eigenvalue weighted by Gasteiger charge is -2.10. The predicted octanol–water partition coefficient (Wildman–Crippen LogP) is 2.07. The Bertz CT molecular complexity index is 570. The van der Waals surface area contributed by atoms with E-state index in [1.165, 1.54) is 0 Å². The number of carbonyl (C=O) groups is 1. The van der Waals surface area contributed by atoms with Gasteiger partial charge in [0.1, 0.15) is 11.5 Å². The minimum atomic E-state index is -0.0399. The van der Waals surface area contributed by atoms with Crippen molar-refractivity contribution >= 4 is 5.91 Å². The van der Waals surface area contributed by atoms with E-state index in [0.29, 0.717) is 11.7 Å². The van der Waals surface area contributed by atoms with Crippen LogP contribution in [0.25, 0.3) is 5.69 Å². The number of aryl methyl sites for hydroxylation is 1. The van der Waals surface area contributed by atoms with Crippen LogP contribution in [-0.4, -0.2) is 21.5 Å². The van der Waals surface area contributed by atoms with E-state index in [9.17, 15) is 4.79 Å². The molecule has 1 saturated carbocycles. The summed E-state index contributed by atoms with van der Waals surface area (Å²) in [7, 11) is 0. The molecule has 1 aliphatic carbocycles. The lowest BCUT2D eigenvalue weighted by Crippen LogP contribution is -2.27. The van der Waals surface area contributed by atoms with E-state index < -0.39 is 0 Å². The molecule has 0 saturated heterocycles. The fourth-order valence-electron chi connectivity index (χ4n) is 1.99. The van der Waals surface area contributed by atoms with E-state index in [4.69, 9.17) is 0 Å². The molecule has 1 aromatic carbocycles. The average Bonchev–Trinajstić information content (AvgIpc) is 3.11. The van der Waals surface area contributed by atoms with Crippen molar-refractivity contribution in [3.8, 4) is 5.69 Å². The van der Waals surface area contributed by atoms with Crippen LogP contribution in [0.3, 0.4) is 0 Å². The number of nitrogens with one attached hydrogen (secondary N) is 1. The summed E-state index contributed by atoms with van der Waals surface area (Å²) in [5.41, 5.74) is 1.57. The van der Waals surface area contributed by atoms with Crippen LogP contribution >= 0.6 is 0 Å². The highest BCUT2D eigenvalue weighted by Crippen LogP contribution is 2.20. The van der Waals surface area contributed by atoms with Gasteiger partial charge in [-0.25, -0.2) is 4.98 Å². The number of nitrogens with zero attached hydrogens (tertiary/aromatic N) is 2. The Morgan fingerprint density at radius 2 is 2.06 bits per heavy atom. The molecule has 92 valence electrons. The third-order valence-electron chi connectivity index (χ3n) is 3.10. The van der Waals surface area contributed by atoms with Gasteiger partial charge in [-0.15, -0.1) is 0 Å². The van der Waals surface area contributed by atoms with Crippen LogP contribution in [-0.2, 0) is 0 Å². The van der Waals surface area contributed by atoms with E-state index in [2.05, 4.69) is 10.3 Å². The number of hydrogen-bond donors (Lipinski definition) is 1. The molecule has 1 N–H and O–H groups in total. The first-order valence-electron chi connectivity index (χ1n) is 6.16. The molecule has 0 unspecified atom stereocenters. The molecule has 1 aliphatic rings. The van der Waals surface area contributed by atoms with Crippen LogP contribution < -0.4 is 5.32 Å². The number of benzene rings is 1. The highest BCUT2D eigenvalue weighted by molar-refractivity contribution is 5.93. The molecule has 1 fully saturated rings. The third-order valence-corrected chi connectivity index (χ3v) is 3.10. The molecule has 0 spiro atoms. The molecule has 1 aromatic heterocycles. The number of carbonyl (C=O) groups excluding carboxylic acids is 1. The van der Waals surface area contributed by atoms with Gasteiger partial charge >= 0.3 is 0 Å². The van der Waals surface area contributed by atoms with Gasteiger partial charge in [-0.1, -0.05) is 18.2 Å². The first-order chi connectivity index (χ1) is 8.75. The van der Waals surface area contributed by atoms with Gasteiger partial charge in [0.05, 0.1) is 6.20 Å². The molecule has 0 atom stereocenters. The van der Waals surface area contributed by atoms with Crippen molar-refractivity contribution in [1.29, 1.82) is 0 Å². The zero-order chi connectivity index (χ0) is 12.5. The molecule has 0 aliphatic heterocycles. The smallest absolute Gasteiger partial charge is 0.270 e. The lowest BCUT2D eigenvalue weighted by molar-refractivity contribution is 0.0944. The zero-order valence-corrected chi connectivity index (χ0v) is 10.3. The molecule has 0 bridgehead atoms. The molecule has 4 nitrogen and oxygen atoms in total. The van der Waals surface area contributed by atoms with Gasteiger partial charge in [0.25, 0.3) is 5.91 Å². The summed E-state index contributed by atoms with van der Waals surface area (Å²) in [6, 6.07) is 10.2. The monoisotopic (exact) mass is 241 g/mol. The second-order valence-corrected chi connectivity index (χ2v) is 4.61. The zero-order valence-electron chi connectivity index (χ0n) is 10.3. The van der Waals surface area contributed by atoms with E-state index in [1.54, 1.807) is 6.20 Å². The number of hydrogen-bond acceptors (Lipinski definition) is 2. The SMILES string of the molecule is Cc1ncc(C(=O)NC2CC2)n1-c1ccccc1. The van der Waals surface area contributed by atoms with E-state index >= 15 is 0 Å². The Morgan fingerprint density at radius 3 is 2.72 bits per heavy atom. The van der Waals surface area contributed by atoms with Gasteiger partial charge in [0.15, 0.2) is 0 Å². The Kier molecular flexibility index (Phi) is 2.63. The molecule has 0 radical (unpaired) electrons. The summed E-state index contributed by atoms with van der Waals surface area (Å²) >= 11 is 0.